The van der Waals surface area contributed by atoms with E-state index in [-0.39, 0.29) is 4.34 Å². The molecule has 1 radical (unpaired) electrons. The summed E-state index contributed by atoms with van der Waals surface area (Å²) in [7, 11) is -3.23. The maximum atomic E-state index is 11.2. The predicted molar refractivity (Wildman–Crippen MR) is 55.5 cm³/mol. The van der Waals surface area contributed by atoms with Crippen molar-refractivity contribution in [2.75, 3.05) is 6.26 Å². The number of benzene rings is 1. The average molecular weight is 227 g/mol. The minimum Gasteiger partial charge on any atom is -0.301 e. The Labute approximate surface area is 85.3 Å². The Morgan fingerprint density at radius 1 is 1.43 bits per heavy atom. The van der Waals surface area contributed by atoms with E-state index in [0.29, 0.717) is 11.2 Å². The largest absolute Gasteiger partial charge is 0.301 e. The first-order chi connectivity index (χ1) is 6.47. The third kappa shape index (κ3) is 1.58. The number of rotatable bonds is 1. The maximum absolute atomic E-state index is 11.2. The molecule has 14 heavy (non-hydrogen) atoms. The van der Waals surface area contributed by atoms with Crippen molar-refractivity contribution in [3.63, 3.8) is 0 Å². The standard InChI is InChI=1S/C8H7N2O2S2/c1-14(11,12)8-10-6-3-2-5(9)4-7(6)13-8/h2-4,9H,1H3. The summed E-state index contributed by atoms with van der Waals surface area (Å²) in [6, 6.07) is 4.86. The summed E-state index contributed by atoms with van der Waals surface area (Å²) in [5.41, 5.74) is 8.36. The maximum Gasteiger partial charge on any atom is 0.210 e. The number of fused-ring (bicyclic) bond motifs is 1. The molecule has 0 bridgehead atoms. The molecule has 6 heteroatoms. The van der Waals surface area contributed by atoms with Crippen LogP contribution in [0.5, 0.6) is 0 Å². The van der Waals surface area contributed by atoms with Crippen molar-refractivity contribution in [3.8, 4) is 0 Å². The second-order valence-corrected chi connectivity index (χ2v) is 6.15. The zero-order valence-electron chi connectivity index (χ0n) is 7.31. The number of nitrogens with one attached hydrogen (secondary N) is 1. The predicted octanol–water partition coefficient (Wildman–Crippen LogP) is 1.61. The number of sulfone groups is 1. The minimum atomic E-state index is -3.23. The Morgan fingerprint density at radius 3 is 2.79 bits per heavy atom. The molecule has 0 fully saturated rings. The van der Waals surface area contributed by atoms with Crippen LogP contribution < -0.4 is 5.73 Å². The third-order valence-corrected chi connectivity index (χ3v) is 4.38. The Kier molecular flexibility index (Phi) is 1.97. The fourth-order valence-corrected chi connectivity index (χ4v) is 2.94. The summed E-state index contributed by atoms with van der Waals surface area (Å²) >= 11 is 1.10. The molecular weight excluding hydrogens is 220 g/mol. The van der Waals surface area contributed by atoms with Gasteiger partial charge in [-0.25, -0.2) is 13.4 Å². The molecule has 1 aromatic heterocycles. The van der Waals surface area contributed by atoms with E-state index in [9.17, 15) is 8.42 Å². The van der Waals surface area contributed by atoms with Crippen molar-refractivity contribution in [3.05, 3.63) is 18.2 Å². The van der Waals surface area contributed by atoms with E-state index in [4.69, 9.17) is 5.73 Å². The van der Waals surface area contributed by atoms with Crippen LogP contribution in [-0.4, -0.2) is 19.7 Å². The Morgan fingerprint density at radius 2 is 2.14 bits per heavy atom. The van der Waals surface area contributed by atoms with Gasteiger partial charge in [0.15, 0.2) is 0 Å². The van der Waals surface area contributed by atoms with Crippen molar-refractivity contribution >= 4 is 37.1 Å². The number of thiazole rings is 1. The smallest absolute Gasteiger partial charge is 0.210 e. The summed E-state index contributed by atoms with van der Waals surface area (Å²) in [6.45, 7) is 0. The van der Waals surface area contributed by atoms with Gasteiger partial charge >= 0.3 is 0 Å². The SMILES string of the molecule is CS(=O)(=O)c1nc2ccc([NH])cc2s1. The average Bonchev–Trinajstić information content (AvgIpc) is 2.45. The molecule has 0 aliphatic rings. The van der Waals surface area contributed by atoms with E-state index < -0.39 is 9.84 Å². The topological polar surface area (TPSA) is 70.8 Å². The number of hydrogen-bond acceptors (Lipinski definition) is 4. The van der Waals surface area contributed by atoms with Gasteiger partial charge in [0.25, 0.3) is 0 Å². The quantitative estimate of drug-likeness (QED) is 0.743. The molecular formula is C8H7N2O2S2. The lowest BCUT2D eigenvalue weighted by atomic mass is 10.3. The molecule has 2 aromatic rings. The van der Waals surface area contributed by atoms with Gasteiger partial charge in [-0.15, -0.1) is 11.3 Å². The van der Waals surface area contributed by atoms with E-state index in [2.05, 4.69) is 4.98 Å². The lowest BCUT2D eigenvalue weighted by Crippen LogP contribution is -1.94. The molecule has 1 aromatic carbocycles. The number of nitrogens with zero attached hydrogens (tertiary/aromatic N) is 1. The highest BCUT2D eigenvalue weighted by molar-refractivity contribution is 7.92. The Hall–Kier alpha value is -1.14. The number of aromatic nitrogens is 1. The molecule has 0 aliphatic heterocycles. The molecule has 0 aliphatic carbocycles. The Balaban J connectivity index is 2.75. The first kappa shape index (κ1) is 9.42. The first-order valence-electron chi connectivity index (χ1n) is 3.79. The van der Waals surface area contributed by atoms with Gasteiger partial charge in [-0.05, 0) is 18.2 Å². The molecule has 0 atom stereocenters. The molecule has 0 saturated carbocycles. The zero-order valence-corrected chi connectivity index (χ0v) is 8.95. The van der Waals surface area contributed by atoms with Crippen LogP contribution in [0.2, 0.25) is 0 Å². The molecule has 0 amide bonds. The summed E-state index contributed by atoms with van der Waals surface area (Å²) in [5.74, 6) is 0. The lowest BCUT2D eigenvalue weighted by molar-refractivity contribution is 0.601. The van der Waals surface area contributed by atoms with Crippen LogP contribution in [0.25, 0.3) is 10.2 Å². The second-order valence-electron chi connectivity index (χ2n) is 2.93. The summed E-state index contributed by atoms with van der Waals surface area (Å²) in [4.78, 5) is 3.97. The monoisotopic (exact) mass is 227 g/mol. The van der Waals surface area contributed by atoms with Gasteiger partial charge in [0, 0.05) is 6.26 Å². The molecule has 0 saturated heterocycles. The number of hydrogen-bond donors (Lipinski definition) is 0. The van der Waals surface area contributed by atoms with Crippen LogP contribution in [0, 0.1) is 0 Å². The van der Waals surface area contributed by atoms with E-state index in [0.717, 1.165) is 22.3 Å². The van der Waals surface area contributed by atoms with Gasteiger partial charge in [0.2, 0.25) is 14.2 Å². The van der Waals surface area contributed by atoms with E-state index >= 15 is 0 Å². The molecule has 73 valence electrons. The molecule has 0 unspecified atom stereocenters. The van der Waals surface area contributed by atoms with Crippen molar-refractivity contribution < 1.29 is 8.42 Å². The van der Waals surface area contributed by atoms with E-state index in [1.807, 2.05) is 0 Å². The fraction of sp³-hybridized carbons (Fsp3) is 0.125. The fourth-order valence-electron chi connectivity index (χ4n) is 1.06. The highest BCUT2D eigenvalue weighted by Crippen LogP contribution is 2.27. The van der Waals surface area contributed by atoms with Crippen LogP contribution >= 0.6 is 11.3 Å². The van der Waals surface area contributed by atoms with Gasteiger partial charge in [-0.1, -0.05) is 0 Å². The first-order valence-corrected chi connectivity index (χ1v) is 6.50. The van der Waals surface area contributed by atoms with Gasteiger partial charge < -0.3 is 5.73 Å². The third-order valence-electron chi connectivity index (χ3n) is 1.69. The normalized spacial score (nSPS) is 12.1. The van der Waals surface area contributed by atoms with E-state index in [1.54, 1.807) is 18.2 Å². The highest BCUT2D eigenvalue weighted by Gasteiger charge is 2.13. The summed E-state index contributed by atoms with van der Waals surface area (Å²) < 4.78 is 23.2. The van der Waals surface area contributed by atoms with E-state index in [1.165, 1.54) is 0 Å². The van der Waals surface area contributed by atoms with Gasteiger partial charge in [-0.2, -0.15) is 0 Å². The van der Waals surface area contributed by atoms with Crippen molar-refractivity contribution in [2.45, 2.75) is 4.34 Å². The lowest BCUT2D eigenvalue weighted by Gasteiger charge is -1.87. The highest BCUT2D eigenvalue weighted by atomic mass is 32.2. The molecule has 2 rings (SSSR count). The Bertz CT molecular complexity index is 586. The van der Waals surface area contributed by atoms with Crippen molar-refractivity contribution in [1.29, 1.82) is 0 Å². The summed E-state index contributed by atoms with van der Waals surface area (Å²) in [5, 5.41) is 0. The van der Waals surface area contributed by atoms with Gasteiger partial charge in [0.1, 0.15) is 0 Å². The van der Waals surface area contributed by atoms with Crippen LogP contribution in [-0.2, 0) is 9.84 Å². The van der Waals surface area contributed by atoms with Crippen molar-refractivity contribution in [2.24, 2.45) is 0 Å². The van der Waals surface area contributed by atoms with Crippen LogP contribution in [0.3, 0.4) is 0 Å². The second kappa shape index (κ2) is 2.93. The molecule has 0 spiro atoms. The van der Waals surface area contributed by atoms with Crippen LogP contribution in [0.1, 0.15) is 0 Å². The van der Waals surface area contributed by atoms with Crippen LogP contribution in [0.4, 0.5) is 5.69 Å². The minimum absolute atomic E-state index is 0.109. The van der Waals surface area contributed by atoms with Crippen molar-refractivity contribution in [1.82, 2.24) is 10.7 Å². The summed E-state index contributed by atoms with van der Waals surface area (Å²) in [6.07, 6.45) is 1.13. The zero-order chi connectivity index (χ0) is 10.3. The van der Waals surface area contributed by atoms with Gasteiger partial charge in [0.05, 0.1) is 15.9 Å². The molecule has 4 nitrogen and oxygen atoms in total. The molecule has 1 N–H and O–H groups in total. The van der Waals surface area contributed by atoms with Gasteiger partial charge in [-0.3, -0.25) is 0 Å². The van der Waals surface area contributed by atoms with Crippen LogP contribution in [0.15, 0.2) is 22.5 Å². The molecule has 1 heterocycles.